The van der Waals surface area contributed by atoms with Gasteiger partial charge in [0.25, 0.3) is 5.91 Å². The summed E-state index contributed by atoms with van der Waals surface area (Å²) in [5, 5.41) is 7.18. The number of carbonyl (C=O) groups is 2. The van der Waals surface area contributed by atoms with Crippen LogP contribution >= 0.6 is 23.2 Å². The van der Waals surface area contributed by atoms with E-state index in [2.05, 4.69) is 10.6 Å². The first-order valence-corrected chi connectivity index (χ1v) is 9.95. The van der Waals surface area contributed by atoms with Crippen LogP contribution in [0.15, 0.2) is 72.8 Å². The Morgan fingerprint density at radius 2 is 1.60 bits per heavy atom. The van der Waals surface area contributed by atoms with Crippen molar-refractivity contribution in [1.29, 1.82) is 0 Å². The van der Waals surface area contributed by atoms with Crippen LogP contribution in [0.5, 0.6) is 0 Å². The van der Waals surface area contributed by atoms with Crippen LogP contribution in [0.4, 0.5) is 5.69 Å². The molecule has 0 aliphatic carbocycles. The van der Waals surface area contributed by atoms with Crippen LogP contribution in [0, 0.1) is 0 Å². The topological polar surface area (TPSA) is 67.4 Å². The molecule has 3 aromatic rings. The molecule has 2 N–H and O–H groups in total. The highest BCUT2D eigenvalue weighted by Gasteiger charge is 2.20. The highest BCUT2D eigenvalue weighted by molar-refractivity contribution is 6.31. The van der Waals surface area contributed by atoms with E-state index < -0.39 is 12.0 Å². The molecule has 0 aliphatic rings. The summed E-state index contributed by atoms with van der Waals surface area (Å²) < 4.78 is 4.75. The van der Waals surface area contributed by atoms with Gasteiger partial charge < -0.3 is 10.1 Å². The average Bonchev–Trinajstić information content (AvgIpc) is 2.76. The van der Waals surface area contributed by atoms with Gasteiger partial charge in [0.15, 0.2) is 0 Å². The first-order valence-electron chi connectivity index (χ1n) is 9.19. The fraction of sp³-hybridized carbons (Fsp3) is 0.130. The van der Waals surface area contributed by atoms with Crippen molar-refractivity contribution in [1.82, 2.24) is 5.32 Å². The normalized spacial score (nSPS) is 11.6. The lowest BCUT2D eigenvalue weighted by Gasteiger charge is -2.23. The number of anilines is 1. The molecule has 3 aromatic carbocycles. The van der Waals surface area contributed by atoms with Crippen molar-refractivity contribution >= 4 is 40.8 Å². The van der Waals surface area contributed by atoms with E-state index in [1.54, 1.807) is 42.5 Å². The van der Waals surface area contributed by atoms with Gasteiger partial charge in [0.1, 0.15) is 0 Å². The van der Waals surface area contributed by atoms with Crippen LogP contribution in [0.1, 0.15) is 27.5 Å². The van der Waals surface area contributed by atoms with E-state index in [1.165, 1.54) is 7.11 Å². The molecule has 7 heteroatoms. The van der Waals surface area contributed by atoms with Gasteiger partial charge in [-0.3, -0.25) is 14.9 Å². The number of amides is 1. The van der Waals surface area contributed by atoms with E-state index in [0.717, 1.165) is 11.1 Å². The largest absolute Gasteiger partial charge is 0.468 e. The number of esters is 1. The molecule has 0 saturated carbocycles. The standard InChI is InChI=1S/C23H20Cl2N2O3/c1-30-21(28)14-26-22(15-5-3-2-4-6-15)19-13-18(25)11-12-20(19)27-23(29)16-7-9-17(24)10-8-16/h2-13,22,26H,14H2,1H3,(H,27,29)/t22-/m1/s1. The van der Waals surface area contributed by atoms with Gasteiger partial charge in [-0.25, -0.2) is 0 Å². The summed E-state index contributed by atoms with van der Waals surface area (Å²) in [6.45, 7) is -0.00680. The van der Waals surface area contributed by atoms with Crippen molar-refractivity contribution in [3.05, 3.63) is 99.5 Å². The van der Waals surface area contributed by atoms with Gasteiger partial charge in [-0.2, -0.15) is 0 Å². The fourth-order valence-electron chi connectivity index (χ4n) is 2.99. The Hall–Kier alpha value is -2.86. The first-order chi connectivity index (χ1) is 14.5. The second-order valence-corrected chi connectivity index (χ2v) is 7.37. The molecule has 0 radical (unpaired) electrons. The van der Waals surface area contributed by atoms with Crippen molar-refractivity contribution in [2.75, 3.05) is 19.0 Å². The highest BCUT2D eigenvalue weighted by Crippen LogP contribution is 2.31. The minimum absolute atomic E-state index is 0.00680. The Morgan fingerprint density at radius 1 is 0.933 bits per heavy atom. The minimum atomic E-state index is -0.399. The first kappa shape index (κ1) is 21.8. The van der Waals surface area contributed by atoms with Crippen LogP contribution in [-0.4, -0.2) is 25.5 Å². The monoisotopic (exact) mass is 442 g/mol. The van der Waals surface area contributed by atoms with Crippen molar-refractivity contribution in [3.8, 4) is 0 Å². The third kappa shape index (κ3) is 5.60. The third-order valence-corrected chi connectivity index (χ3v) is 4.98. The van der Waals surface area contributed by atoms with Crippen molar-refractivity contribution in [2.24, 2.45) is 0 Å². The lowest BCUT2D eigenvalue weighted by atomic mass is 9.96. The predicted molar refractivity (Wildman–Crippen MR) is 119 cm³/mol. The summed E-state index contributed by atoms with van der Waals surface area (Å²) in [6, 6.07) is 21.0. The number of benzene rings is 3. The zero-order chi connectivity index (χ0) is 21.5. The summed E-state index contributed by atoms with van der Waals surface area (Å²) in [5.41, 5.74) is 2.68. The predicted octanol–water partition coefficient (Wildman–Crippen LogP) is 5.10. The fourth-order valence-corrected chi connectivity index (χ4v) is 3.30. The Labute approximate surface area is 185 Å². The molecule has 0 unspecified atom stereocenters. The molecule has 30 heavy (non-hydrogen) atoms. The molecule has 0 heterocycles. The summed E-state index contributed by atoms with van der Waals surface area (Å²) in [4.78, 5) is 24.5. The molecular formula is C23H20Cl2N2O3. The van der Waals surface area contributed by atoms with Gasteiger partial charge in [-0.15, -0.1) is 0 Å². The molecule has 3 rings (SSSR count). The second kappa shape index (κ2) is 10.3. The quantitative estimate of drug-likeness (QED) is 0.499. The Kier molecular flexibility index (Phi) is 7.46. The van der Waals surface area contributed by atoms with Gasteiger partial charge in [0, 0.05) is 21.3 Å². The molecule has 0 bridgehead atoms. The van der Waals surface area contributed by atoms with Crippen LogP contribution < -0.4 is 10.6 Å². The second-order valence-electron chi connectivity index (χ2n) is 6.49. The van der Waals surface area contributed by atoms with Gasteiger partial charge >= 0.3 is 5.97 Å². The van der Waals surface area contributed by atoms with E-state index in [4.69, 9.17) is 27.9 Å². The van der Waals surface area contributed by atoms with Crippen molar-refractivity contribution in [3.63, 3.8) is 0 Å². The van der Waals surface area contributed by atoms with E-state index in [1.807, 2.05) is 30.3 Å². The molecule has 1 amide bonds. The zero-order valence-electron chi connectivity index (χ0n) is 16.2. The Morgan fingerprint density at radius 3 is 2.27 bits per heavy atom. The third-order valence-electron chi connectivity index (χ3n) is 4.49. The highest BCUT2D eigenvalue weighted by atomic mass is 35.5. The number of nitrogens with one attached hydrogen (secondary N) is 2. The number of halogens is 2. The van der Waals surface area contributed by atoms with E-state index in [9.17, 15) is 9.59 Å². The molecule has 154 valence electrons. The van der Waals surface area contributed by atoms with Crippen molar-refractivity contribution in [2.45, 2.75) is 6.04 Å². The number of rotatable bonds is 7. The summed E-state index contributed by atoms with van der Waals surface area (Å²) in [5.74, 6) is -0.681. The van der Waals surface area contributed by atoms with Gasteiger partial charge in [-0.05, 0) is 53.6 Å². The smallest absolute Gasteiger partial charge is 0.319 e. The summed E-state index contributed by atoms with van der Waals surface area (Å²) in [6.07, 6.45) is 0. The number of methoxy groups -OCH3 is 1. The molecule has 0 aliphatic heterocycles. The lowest BCUT2D eigenvalue weighted by molar-refractivity contribution is -0.139. The SMILES string of the molecule is COC(=O)CN[C@H](c1ccccc1)c1cc(Cl)ccc1NC(=O)c1ccc(Cl)cc1. The van der Waals surface area contributed by atoms with E-state index >= 15 is 0 Å². The molecule has 0 saturated heterocycles. The molecule has 0 spiro atoms. The average molecular weight is 443 g/mol. The number of ether oxygens (including phenoxy) is 1. The van der Waals surface area contributed by atoms with Gasteiger partial charge in [-0.1, -0.05) is 53.5 Å². The van der Waals surface area contributed by atoms with Crippen LogP contribution in [0.2, 0.25) is 10.0 Å². The molecule has 1 atom stereocenters. The molecule has 0 fully saturated rings. The molecular weight excluding hydrogens is 423 g/mol. The van der Waals surface area contributed by atoms with Crippen LogP contribution in [0.25, 0.3) is 0 Å². The van der Waals surface area contributed by atoms with E-state index in [-0.39, 0.29) is 12.5 Å². The minimum Gasteiger partial charge on any atom is -0.468 e. The van der Waals surface area contributed by atoms with E-state index in [0.29, 0.717) is 21.3 Å². The maximum absolute atomic E-state index is 12.8. The van der Waals surface area contributed by atoms with Gasteiger partial charge in [0.05, 0.1) is 19.7 Å². The maximum atomic E-state index is 12.8. The van der Waals surface area contributed by atoms with Crippen molar-refractivity contribution < 1.29 is 14.3 Å². The Bertz CT molecular complexity index is 1020. The molecule has 5 nitrogen and oxygen atoms in total. The summed E-state index contributed by atoms with van der Waals surface area (Å²) in [7, 11) is 1.33. The van der Waals surface area contributed by atoms with Gasteiger partial charge in [0.2, 0.25) is 0 Å². The number of hydrogen-bond acceptors (Lipinski definition) is 4. The number of carbonyl (C=O) groups excluding carboxylic acids is 2. The maximum Gasteiger partial charge on any atom is 0.319 e. The number of hydrogen-bond donors (Lipinski definition) is 2. The summed E-state index contributed by atoms with van der Waals surface area (Å²) >= 11 is 12.2. The molecule has 0 aromatic heterocycles. The van der Waals surface area contributed by atoms with Crippen LogP contribution in [-0.2, 0) is 9.53 Å². The van der Waals surface area contributed by atoms with Crippen LogP contribution in [0.3, 0.4) is 0 Å². The lowest BCUT2D eigenvalue weighted by Crippen LogP contribution is -2.30. The zero-order valence-corrected chi connectivity index (χ0v) is 17.7. The Balaban J connectivity index is 1.96.